The van der Waals surface area contributed by atoms with Crippen molar-refractivity contribution in [1.82, 2.24) is 15.1 Å². The molecule has 3 rings (SSSR count). The SMILES string of the molecule is O=C1CN(CCCC(=O)N2CCC[C@H]2Cc2ccccc2)C(=O)N1. The van der Waals surface area contributed by atoms with Crippen molar-refractivity contribution in [2.45, 2.75) is 38.1 Å². The maximum absolute atomic E-state index is 12.5. The van der Waals surface area contributed by atoms with Crippen LogP contribution in [0.25, 0.3) is 0 Å². The predicted octanol–water partition coefficient (Wildman–Crippen LogP) is 1.55. The van der Waals surface area contributed by atoms with E-state index < -0.39 is 0 Å². The van der Waals surface area contributed by atoms with E-state index in [1.54, 1.807) is 0 Å². The summed E-state index contributed by atoms with van der Waals surface area (Å²) >= 11 is 0. The molecule has 128 valence electrons. The number of amides is 4. The molecule has 0 unspecified atom stereocenters. The van der Waals surface area contributed by atoms with Crippen molar-refractivity contribution < 1.29 is 14.4 Å². The fourth-order valence-electron chi connectivity index (χ4n) is 3.49. The van der Waals surface area contributed by atoms with Gasteiger partial charge in [-0.2, -0.15) is 0 Å². The first kappa shape index (κ1) is 16.5. The van der Waals surface area contributed by atoms with Gasteiger partial charge in [0.25, 0.3) is 0 Å². The van der Waals surface area contributed by atoms with Crippen molar-refractivity contribution >= 4 is 17.8 Å². The summed E-state index contributed by atoms with van der Waals surface area (Å²) in [6.45, 7) is 1.37. The number of carbonyl (C=O) groups is 3. The Balaban J connectivity index is 1.47. The standard InChI is InChI=1S/C18H23N3O3/c22-16-13-20(18(24)19-16)10-5-9-17(23)21-11-4-8-15(21)12-14-6-2-1-3-7-14/h1-3,6-7,15H,4-5,8-13H2,(H,19,22,24)/t15-/m0/s1. The van der Waals surface area contributed by atoms with Gasteiger partial charge < -0.3 is 9.80 Å². The third-order valence-electron chi connectivity index (χ3n) is 4.70. The molecule has 6 nitrogen and oxygen atoms in total. The average molecular weight is 329 g/mol. The Bertz CT molecular complexity index is 617. The summed E-state index contributed by atoms with van der Waals surface area (Å²) in [7, 11) is 0. The second kappa shape index (κ2) is 7.47. The van der Waals surface area contributed by atoms with Gasteiger partial charge >= 0.3 is 6.03 Å². The van der Waals surface area contributed by atoms with E-state index in [9.17, 15) is 14.4 Å². The molecule has 2 heterocycles. The number of likely N-dealkylation sites (tertiary alicyclic amines) is 1. The van der Waals surface area contributed by atoms with Gasteiger partial charge in [-0.3, -0.25) is 14.9 Å². The molecule has 2 aliphatic heterocycles. The molecule has 6 heteroatoms. The quantitative estimate of drug-likeness (QED) is 0.805. The van der Waals surface area contributed by atoms with E-state index in [4.69, 9.17) is 0 Å². The normalized spacial score (nSPS) is 20.6. The van der Waals surface area contributed by atoms with Crippen LogP contribution in [-0.2, 0) is 16.0 Å². The lowest BCUT2D eigenvalue weighted by Gasteiger charge is -2.25. The summed E-state index contributed by atoms with van der Waals surface area (Å²) in [5.74, 6) is -0.117. The summed E-state index contributed by atoms with van der Waals surface area (Å²) < 4.78 is 0. The van der Waals surface area contributed by atoms with Crippen LogP contribution < -0.4 is 5.32 Å². The van der Waals surface area contributed by atoms with Gasteiger partial charge in [0.1, 0.15) is 6.54 Å². The molecule has 2 saturated heterocycles. The van der Waals surface area contributed by atoms with E-state index in [0.717, 1.165) is 25.8 Å². The molecule has 1 N–H and O–H groups in total. The molecule has 4 amide bonds. The highest BCUT2D eigenvalue weighted by Crippen LogP contribution is 2.22. The van der Waals surface area contributed by atoms with Gasteiger partial charge in [-0.05, 0) is 31.2 Å². The van der Waals surface area contributed by atoms with E-state index in [2.05, 4.69) is 17.4 Å². The van der Waals surface area contributed by atoms with E-state index >= 15 is 0 Å². The number of imide groups is 1. The Labute approximate surface area is 141 Å². The summed E-state index contributed by atoms with van der Waals surface area (Å²) in [6.07, 6.45) is 4.00. The third kappa shape index (κ3) is 3.93. The van der Waals surface area contributed by atoms with Crippen molar-refractivity contribution in [3.63, 3.8) is 0 Å². The highest BCUT2D eigenvalue weighted by Gasteiger charge is 2.29. The van der Waals surface area contributed by atoms with Crippen LogP contribution in [0.4, 0.5) is 4.79 Å². The molecule has 1 aromatic rings. The maximum atomic E-state index is 12.5. The minimum absolute atomic E-state index is 0.105. The van der Waals surface area contributed by atoms with Gasteiger partial charge in [-0.15, -0.1) is 0 Å². The highest BCUT2D eigenvalue weighted by atomic mass is 16.2. The van der Waals surface area contributed by atoms with Crippen LogP contribution in [0.3, 0.4) is 0 Å². The summed E-state index contributed by atoms with van der Waals surface area (Å²) in [5.41, 5.74) is 1.26. The first-order valence-electron chi connectivity index (χ1n) is 8.55. The topological polar surface area (TPSA) is 69.7 Å². The molecular formula is C18H23N3O3. The van der Waals surface area contributed by atoms with Gasteiger partial charge in [0.2, 0.25) is 11.8 Å². The second-order valence-electron chi connectivity index (χ2n) is 6.45. The number of nitrogens with zero attached hydrogens (tertiary/aromatic N) is 2. The van der Waals surface area contributed by atoms with Crippen molar-refractivity contribution in [2.75, 3.05) is 19.6 Å². The Morgan fingerprint density at radius 1 is 1.21 bits per heavy atom. The van der Waals surface area contributed by atoms with Gasteiger partial charge in [0, 0.05) is 25.6 Å². The summed E-state index contributed by atoms with van der Waals surface area (Å²) in [4.78, 5) is 38.6. The number of urea groups is 1. The molecule has 0 radical (unpaired) electrons. The average Bonchev–Trinajstić information content (AvgIpc) is 3.15. The summed E-state index contributed by atoms with van der Waals surface area (Å²) in [6, 6.07) is 10.2. The second-order valence-corrected chi connectivity index (χ2v) is 6.45. The zero-order chi connectivity index (χ0) is 16.9. The van der Waals surface area contributed by atoms with E-state index in [1.807, 2.05) is 23.1 Å². The first-order chi connectivity index (χ1) is 11.6. The molecule has 1 aromatic carbocycles. The predicted molar refractivity (Wildman–Crippen MR) is 89.2 cm³/mol. The highest BCUT2D eigenvalue weighted by molar-refractivity contribution is 6.01. The summed E-state index contributed by atoms with van der Waals surface area (Å²) in [5, 5.41) is 2.25. The lowest BCUT2D eigenvalue weighted by Crippen LogP contribution is -2.37. The Morgan fingerprint density at radius 3 is 2.71 bits per heavy atom. The fraction of sp³-hybridized carbons (Fsp3) is 0.500. The Morgan fingerprint density at radius 2 is 2.00 bits per heavy atom. The van der Waals surface area contributed by atoms with Gasteiger partial charge in [0.05, 0.1) is 0 Å². The Kier molecular flexibility index (Phi) is 5.13. The van der Waals surface area contributed by atoms with E-state index in [-0.39, 0.29) is 30.4 Å². The van der Waals surface area contributed by atoms with Crippen molar-refractivity contribution in [2.24, 2.45) is 0 Å². The number of nitrogens with one attached hydrogen (secondary N) is 1. The third-order valence-corrected chi connectivity index (χ3v) is 4.70. The molecule has 0 aromatic heterocycles. The zero-order valence-corrected chi connectivity index (χ0v) is 13.7. The lowest BCUT2D eigenvalue weighted by atomic mass is 10.0. The largest absolute Gasteiger partial charge is 0.339 e. The number of hydrogen-bond donors (Lipinski definition) is 1. The number of hydrogen-bond acceptors (Lipinski definition) is 3. The molecular weight excluding hydrogens is 306 g/mol. The minimum atomic E-state index is -0.351. The molecule has 0 bridgehead atoms. The first-order valence-corrected chi connectivity index (χ1v) is 8.55. The van der Waals surface area contributed by atoms with Gasteiger partial charge in [-0.1, -0.05) is 30.3 Å². The minimum Gasteiger partial charge on any atom is -0.339 e. The van der Waals surface area contributed by atoms with Crippen LogP contribution in [-0.4, -0.2) is 53.3 Å². The maximum Gasteiger partial charge on any atom is 0.324 e. The van der Waals surface area contributed by atoms with Crippen LogP contribution in [0.1, 0.15) is 31.2 Å². The number of carbonyl (C=O) groups excluding carboxylic acids is 3. The van der Waals surface area contributed by atoms with Crippen LogP contribution in [0.15, 0.2) is 30.3 Å². The smallest absolute Gasteiger partial charge is 0.324 e. The molecule has 1 atom stereocenters. The molecule has 24 heavy (non-hydrogen) atoms. The molecule has 0 saturated carbocycles. The Hall–Kier alpha value is -2.37. The monoisotopic (exact) mass is 329 g/mol. The van der Waals surface area contributed by atoms with Gasteiger partial charge in [0.15, 0.2) is 0 Å². The van der Waals surface area contributed by atoms with E-state index in [0.29, 0.717) is 19.4 Å². The molecule has 2 aliphatic rings. The van der Waals surface area contributed by atoms with Crippen LogP contribution in [0, 0.1) is 0 Å². The van der Waals surface area contributed by atoms with Crippen molar-refractivity contribution in [1.29, 1.82) is 0 Å². The molecule has 0 spiro atoms. The number of benzene rings is 1. The van der Waals surface area contributed by atoms with Crippen LogP contribution in [0.5, 0.6) is 0 Å². The van der Waals surface area contributed by atoms with Gasteiger partial charge in [-0.25, -0.2) is 4.79 Å². The van der Waals surface area contributed by atoms with Crippen LogP contribution >= 0.6 is 0 Å². The zero-order valence-electron chi connectivity index (χ0n) is 13.7. The van der Waals surface area contributed by atoms with Crippen LogP contribution in [0.2, 0.25) is 0 Å². The molecule has 2 fully saturated rings. The van der Waals surface area contributed by atoms with E-state index in [1.165, 1.54) is 10.5 Å². The van der Waals surface area contributed by atoms with Crippen molar-refractivity contribution in [3.05, 3.63) is 35.9 Å². The lowest BCUT2D eigenvalue weighted by molar-refractivity contribution is -0.132. The number of rotatable bonds is 6. The van der Waals surface area contributed by atoms with Crippen molar-refractivity contribution in [3.8, 4) is 0 Å². The molecule has 0 aliphatic carbocycles. The fourth-order valence-corrected chi connectivity index (χ4v) is 3.49.